The second kappa shape index (κ2) is 5.65. The van der Waals surface area contributed by atoms with Gasteiger partial charge in [-0.25, -0.2) is 0 Å². The van der Waals surface area contributed by atoms with Crippen molar-refractivity contribution < 1.29 is 14.3 Å². The molecule has 0 saturated heterocycles. The van der Waals surface area contributed by atoms with E-state index in [2.05, 4.69) is 10.4 Å². The van der Waals surface area contributed by atoms with E-state index in [0.717, 1.165) is 19.3 Å². The molecule has 2 bridgehead atoms. The Morgan fingerprint density at radius 2 is 2.00 bits per heavy atom. The largest absolute Gasteiger partial charge is 0.469 e. The Morgan fingerprint density at radius 3 is 2.61 bits per heavy atom. The predicted molar refractivity (Wildman–Crippen MR) is 84.8 cm³/mol. The van der Waals surface area contributed by atoms with Gasteiger partial charge in [-0.1, -0.05) is 0 Å². The van der Waals surface area contributed by atoms with Crippen molar-refractivity contribution in [2.45, 2.75) is 51.6 Å². The molecule has 6 heteroatoms. The lowest BCUT2D eigenvalue weighted by Crippen LogP contribution is -2.47. The van der Waals surface area contributed by atoms with E-state index in [0.29, 0.717) is 17.4 Å². The molecule has 1 heterocycles. The van der Waals surface area contributed by atoms with Gasteiger partial charge < -0.3 is 10.1 Å². The summed E-state index contributed by atoms with van der Waals surface area (Å²) in [5.74, 6) is 0.154. The molecule has 2 fully saturated rings. The number of amides is 1. The third kappa shape index (κ3) is 2.86. The Hall–Kier alpha value is -1.85. The van der Waals surface area contributed by atoms with Crippen molar-refractivity contribution in [1.82, 2.24) is 15.1 Å². The number of nitrogens with one attached hydrogen (secondary N) is 1. The fraction of sp³-hybridized carbons (Fsp3) is 0.706. The standard InChI is InChI=1S/C17H25N3O3/c1-17(2,3)20-9-12(8-18-20)15(21)19-14-11-6-5-10(7-11)13(14)16(22)23-4/h8-11,13-14H,5-7H2,1-4H3,(H,19,21)/t10-,11-,13+,14+/m0/s1. The van der Waals surface area contributed by atoms with Crippen LogP contribution in [0, 0.1) is 17.8 Å². The highest BCUT2D eigenvalue weighted by Crippen LogP contribution is 2.49. The number of rotatable bonds is 3. The van der Waals surface area contributed by atoms with Crippen molar-refractivity contribution in [3.63, 3.8) is 0 Å². The lowest BCUT2D eigenvalue weighted by Gasteiger charge is -2.29. The minimum atomic E-state index is -0.208. The SMILES string of the molecule is COC(=O)[C@@H]1[C@H]2CC[C@@H](C2)[C@H]1NC(=O)c1cnn(C(C)(C)C)c1. The van der Waals surface area contributed by atoms with E-state index >= 15 is 0 Å². The van der Waals surface area contributed by atoms with Gasteiger partial charge in [-0.05, 0) is 51.9 Å². The Kier molecular flexibility index (Phi) is 3.94. The third-order valence-corrected chi connectivity index (χ3v) is 5.22. The second-order valence-electron chi connectivity index (χ2n) is 7.73. The number of carbonyl (C=O) groups excluding carboxylic acids is 2. The molecule has 2 aliphatic rings. The highest BCUT2D eigenvalue weighted by molar-refractivity contribution is 5.94. The molecule has 1 N–H and O–H groups in total. The van der Waals surface area contributed by atoms with E-state index in [1.54, 1.807) is 17.1 Å². The maximum absolute atomic E-state index is 12.6. The second-order valence-corrected chi connectivity index (χ2v) is 7.73. The number of carbonyl (C=O) groups is 2. The molecule has 3 rings (SSSR count). The van der Waals surface area contributed by atoms with Crippen molar-refractivity contribution in [1.29, 1.82) is 0 Å². The van der Waals surface area contributed by atoms with Gasteiger partial charge >= 0.3 is 5.97 Å². The van der Waals surface area contributed by atoms with Gasteiger partial charge in [0.05, 0.1) is 30.3 Å². The van der Waals surface area contributed by atoms with Crippen molar-refractivity contribution in [2.75, 3.05) is 7.11 Å². The number of hydrogen-bond acceptors (Lipinski definition) is 4. The van der Waals surface area contributed by atoms with Gasteiger partial charge in [0, 0.05) is 12.2 Å². The van der Waals surface area contributed by atoms with Gasteiger partial charge in [-0.2, -0.15) is 5.10 Å². The van der Waals surface area contributed by atoms with E-state index < -0.39 is 0 Å². The summed E-state index contributed by atoms with van der Waals surface area (Å²) in [5.41, 5.74) is 0.366. The number of hydrogen-bond donors (Lipinski definition) is 1. The minimum Gasteiger partial charge on any atom is -0.469 e. The number of fused-ring (bicyclic) bond motifs is 2. The summed E-state index contributed by atoms with van der Waals surface area (Å²) < 4.78 is 6.72. The summed E-state index contributed by atoms with van der Waals surface area (Å²) in [6, 6.07) is -0.119. The molecule has 6 nitrogen and oxygen atoms in total. The van der Waals surface area contributed by atoms with Crippen LogP contribution in [0.4, 0.5) is 0 Å². The molecule has 0 spiro atoms. The Morgan fingerprint density at radius 1 is 1.30 bits per heavy atom. The predicted octanol–water partition coefficient (Wildman–Crippen LogP) is 1.96. The molecule has 1 amide bonds. The van der Waals surface area contributed by atoms with Crippen molar-refractivity contribution in [2.24, 2.45) is 17.8 Å². The van der Waals surface area contributed by atoms with Gasteiger partial charge in [0.15, 0.2) is 0 Å². The first kappa shape index (κ1) is 16.0. The summed E-state index contributed by atoms with van der Waals surface area (Å²) in [6.07, 6.45) is 6.48. The zero-order valence-corrected chi connectivity index (χ0v) is 14.2. The maximum Gasteiger partial charge on any atom is 0.311 e. The van der Waals surface area contributed by atoms with Crippen LogP contribution >= 0.6 is 0 Å². The topological polar surface area (TPSA) is 73.2 Å². The molecule has 23 heavy (non-hydrogen) atoms. The van der Waals surface area contributed by atoms with E-state index in [9.17, 15) is 9.59 Å². The maximum atomic E-state index is 12.6. The zero-order chi connectivity index (χ0) is 16.8. The number of esters is 1. The Labute approximate surface area is 136 Å². The molecule has 0 unspecified atom stereocenters. The van der Waals surface area contributed by atoms with Gasteiger partial charge in [0.25, 0.3) is 5.91 Å². The number of ether oxygens (including phenoxy) is 1. The van der Waals surface area contributed by atoms with Crippen molar-refractivity contribution in [3.8, 4) is 0 Å². The number of nitrogens with zero attached hydrogens (tertiary/aromatic N) is 2. The molecular formula is C17H25N3O3. The summed E-state index contributed by atoms with van der Waals surface area (Å²) in [4.78, 5) is 24.6. The van der Waals surface area contributed by atoms with Crippen LogP contribution in [0.5, 0.6) is 0 Å². The normalized spacial score (nSPS) is 29.6. The summed E-state index contributed by atoms with van der Waals surface area (Å²) in [7, 11) is 1.42. The monoisotopic (exact) mass is 319 g/mol. The van der Waals surface area contributed by atoms with Gasteiger partial charge in [0.1, 0.15) is 0 Å². The molecular weight excluding hydrogens is 294 g/mol. The third-order valence-electron chi connectivity index (χ3n) is 5.22. The van der Waals surface area contributed by atoms with Crippen LogP contribution in [0.1, 0.15) is 50.4 Å². The number of methoxy groups -OCH3 is 1. The quantitative estimate of drug-likeness (QED) is 0.864. The van der Waals surface area contributed by atoms with Crippen LogP contribution in [0.15, 0.2) is 12.4 Å². The van der Waals surface area contributed by atoms with Crippen LogP contribution in [-0.2, 0) is 15.1 Å². The summed E-state index contributed by atoms with van der Waals surface area (Å²) in [6.45, 7) is 6.10. The molecule has 1 aromatic rings. The Bertz CT molecular complexity index is 617. The minimum absolute atomic E-state index is 0.119. The average Bonchev–Trinajstić information content (AvgIpc) is 3.20. The number of aromatic nitrogens is 2. The molecule has 0 radical (unpaired) electrons. The average molecular weight is 319 g/mol. The van der Waals surface area contributed by atoms with Gasteiger partial charge in [0.2, 0.25) is 0 Å². The van der Waals surface area contributed by atoms with Crippen LogP contribution in [0.25, 0.3) is 0 Å². The van der Waals surface area contributed by atoms with Crippen LogP contribution in [-0.4, -0.2) is 34.8 Å². The van der Waals surface area contributed by atoms with E-state index in [1.165, 1.54) is 7.11 Å². The van der Waals surface area contributed by atoms with Crippen LogP contribution in [0.2, 0.25) is 0 Å². The summed E-state index contributed by atoms with van der Waals surface area (Å²) >= 11 is 0. The van der Waals surface area contributed by atoms with Crippen LogP contribution in [0.3, 0.4) is 0 Å². The Balaban J connectivity index is 1.74. The van der Waals surface area contributed by atoms with Crippen molar-refractivity contribution in [3.05, 3.63) is 18.0 Å². The first-order valence-electron chi connectivity index (χ1n) is 8.25. The van der Waals surface area contributed by atoms with E-state index in [4.69, 9.17) is 4.74 Å². The van der Waals surface area contributed by atoms with E-state index in [-0.39, 0.29) is 29.4 Å². The van der Waals surface area contributed by atoms with E-state index in [1.807, 2.05) is 20.8 Å². The summed E-state index contributed by atoms with van der Waals surface area (Å²) in [5, 5.41) is 7.33. The van der Waals surface area contributed by atoms with Gasteiger partial charge in [-0.15, -0.1) is 0 Å². The van der Waals surface area contributed by atoms with Crippen molar-refractivity contribution >= 4 is 11.9 Å². The van der Waals surface area contributed by atoms with Crippen LogP contribution < -0.4 is 5.32 Å². The highest BCUT2D eigenvalue weighted by Gasteiger charge is 2.52. The first-order chi connectivity index (χ1) is 10.8. The fourth-order valence-electron chi connectivity index (χ4n) is 4.02. The lowest BCUT2D eigenvalue weighted by atomic mass is 9.84. The molecule has 0 aromatic carbocycles. The fourth-order valence-corrected chi connectivity index (χ4v) is 4.02. The molecule has 0 aliphatic heterocycles. The molecule has 2 saturated carbocycles. The van der Waals surface area contributed by atoms with Gasteiger partial charge in [-0.3, -0.25) is 14.3 Å². The highest BCUT2D eigenvalue weighted by atomic mass is 16.5. The molecule has 126 valence electrons. The zero-order valence-electron chi connectivity index (χ0n) is 14.2. The molecule has 4 atom stereocenters. The molecule has 1 aromatic heterocycles. The smallest absolute Gasteiger partial charge is 0.311 e. The molecule has 2 aliphatic carbocycles. The first-order valence-corrected chi connectivity index (χ1v) is 8.25. The lowest BCUT2D eigenvalue weighted by molar-refractivity contribution is -0.148.